The Morgan fingerprint density at radius 1 is 1.38 bits per heavy atom. The van der Waals surface area contributed by atoms with Crippen molar-refractivity contribution in [1.82, 2.24) is 4.90 Å². The zero-order valence-electron chi connectivity index (χ0n) is 12.2. The van der Waals surface area contributed by atoms with Crippen molar-refractivity contribution in [1.29, 1.82) is 0 Å². The van der Waals surface area contributed by atoms with Gasteiger partial charge >= 0.3 is 5.97 Å². The third-order valence-corrected chi connectivity index (χ3v) is 4.38. The Balaban J connectivity index is 1.90. The monoisotopic (exact) mass is 297 g/mol. The average molecular weight is 297 g/mol. The van der Waals surface area contributed by atoms with Crippen LogP contribution in [-0.2, 0) is 4.79 Å². The number of carboxylic acid groups (broad SMARTS) is 1. The van der Waals surface area contributed by atoms with Crippen LogP contribution in [-0.4, -0.2) is 29.1 Å². The van der Waals surface area contributed by atoms with Crippen molar-refractivity contribution in [2.24, 2.45) is 5.92 Å². The van der Waals surface area contributed by atoms with E-state index in [0.717, 1.165) is 32.0 Å². The van der Waals surface area contributed by atoms with E-state index in [-0.39, 0.29) is 12.5 Å². The van der Waals surface area contributed by atoms with Gasteiger partial charge in [-0.05, 0) is 51.3 Å². The third-order valence-electron chi connectivity index (χ3n) is 4.38. The molecule has 0 saturated carbocycles. The van der Waals surface area contributed by atoms with E-state index in [0.29, 0.717) is 17.9 Å². The number of carboxylic acids is 1. The van der Waals surface area contributed by atoms with Crippen molar-refractivity contribution in [3.63, 3.8) is 0 Å². The third kappa shape index (κ3) is 4.24. The number of carbonyl (C=O) groups is 1. The zero-order valence-corrected chi connectivity index (χ0v) is 12.2. The number of rotatable bonds is 5. The lowest BCUT2D eigenvalue weighted by molar-refractivity contribution is -0.137. The second-order valence-electron chi connectivity index (χ2n) is 5.75. The lowest BCUT2D eigenvalue weighted by Gasteiger charge is -2.36. The molecule has 1 aromatic carbocycles. The topological polar surface area (TPSA) is 40.5 Å². The van der Waals surface area contributed by atoms with Gasteiger partial charge in [-0.3, -0.25) is 9.69 Å². The number of likely N-dealkylation sites (tertiary alicyclic amines) is 1. The summed E-state index contributed by atoms with van der Waals surface area (Å²) in [6.07, 6.45) is 2.79. The number of aliphatic carboxylic acids is 1. The molecule has 0 bridgehead atoms. The summed E-state index contributed by atoms with van der Waals surface area (Å²) in [7, 11) is 0. The van der Waals surface area contributed by atoms with Crippen LogP contribution in [0, 0.1) is 17.6 Å². The molecule has 0 aromatic heterocycles. The molecular formula is C16H21F2NO2. The largest absolute Gasteiger partial charge is 0.481 e. The van der Waals surface area contributed by atoms with Crippen molar-refractivity contribution in [2.75, 3.05) is 13.1 Å². The Labute approximate surface area is 123 Å². The van der Waals surface area contributed by atoms with Crippen molar-refractivity contribution in [3.05, 3.63) is 35.4 Å². The van der Waals surface area contributed by atoms with E-state index in [4.69, 9.17) is 5.11 Å². The quantitative estimate of drug-likeness (QED) is 0.902. The predicted octanol–water partition coefficient (Wildman–Crippen LogP) is 3.60. The van der Waals surface area contributed by atoms with Crippen LogP contribution in [0.5, 0.6) is 0 Å². The lowest BCUT2D eigenvalue weighted by Crippen LogP contribution is -2.36. The summed E-state index contributed by atoms with van der Waals surface area (Å²) >= 11 is 0. The first kappa shape index (κ1) is 15.9. The fourth-order valence-electron chi connectivity index (χ4n) is 2.99. The second-order valence-corrected chi connectivity index (χ2v) is 5.75. The highest BCUT2D eigenvalue weighted by molar-refractivity contribution is 5.66. The first-order valence-corrected chi connectivity index (χ1v) is 7.38. The summed E-state index contributed by atoms with van der Waals surface area (Å²) in [5.41, 5.74) is 0.514. The maximum Gasteiger partial charge on any atom is 0.303 e. The van der Waals surface area contributed by atoms with Gasteiger partial charge in [0.25, 0.3) is 0 Å². The molecule has 21 heavy (non-hydrogen) atoms. The normalized spacial score (nSPS) is 18.6. The first-order valence-electron chi connectivity index (χ1n) is 7.38. The highest BCUT2D eigenvalue weighted by Gasteiger charge is 2.25. The minimum absolute atomic E-state index is 0.0916. The number of benzene rings is 1. The number of piperidine rings is 1. The molecule has 0 amide bonds. The molecule has 1 aliphatic heterocycles. The van der Waals surface area contributed by atoms with E-state index in [2.05, 4.69) is 4.90 Å². The fraction of sp³-hybridized carbons (Fsp3) is 0.562. The van der Waals surface area contributed by atoms with Crippen LogP contribution in [0.25, 0.3) is 0 Å². The van der Waals surface area contributed by atoms with Gasteiger partial charge in [-0.15, -0.1) is 0 Å². The minimum atomic E-state index is -0.751. The van der Waals surface area contributed by atoms with Crippen LogP contribution < -0.4 is 0 Å². The van der Waals surface area contributed by atoms with Gasteiger partial charge in [-0.25, -0.2) is 8.78 Å². The van der Waals surface area contributed by atoms with Crippen LogP contribution in [0.4, 0.5) is 8.78 Å². The van der Waals surface area contributed by atoms with Crippen molar-refractivity contribution in [3.8, 4) is 0 Å². The van der Waals surface area contributed by atoms with Crippen LogP contribution in [0.2, 0.25) is 0 Å². The number of hydrogen-bond donors (Lipinski definition) is 1. The molecule has 0 spiro atoms. The smallest absolute Gasteiger partial charge is 0.303 e. The molecule has 3 nitrogen and oxygen atoms in total. The molecule has 0 radical (unpaired) electrons. The Bertz CT molecular complexity index is 499. The van der Waals surface area contributed by atoms with Gasteiger partial charge in [-0.2, -0.15) is 0 Å². The molecule has 1 N–H and O–H groups in total. The lowest BCUT2D eigenvalue weighted by atomic mass is 9.91. The highest BCUT2D eigenvalue weighted by Crippen LogP contribution is 2.29. The maximum atomic E-state index is 13.8. The molecule has 0 aliphatic carbocycles. The summed E-state index contributed by atoms with van der Waals surface area (Å²) < 4.78 is 26.8. The molecule has 1 heterocycles. The van der Waals surface area contributed by atoms with Crippen LogP contribution in [0.15, 0.2) is 18.2 Å². The predicted molar refractivity (Wildman–Crippen MR) is 75.9 cm³/mol. The van der Waals surface area contributed by atoms with E-state index in [1.54, 1.807) is 0 Å². The maximum absolute atomic E-state index is 13.8. The van der Waals surface area contributed by atoms with Gasteiger partial charge in [0, 0.05) is 24.1 Å². The Morgan fingerprint density at radius 3 is 2.62 bits per heavy atom. The van der Waals surface area contributed by atoms with Gasteiger partial charge in [-0.1, -0.05) is 6.07 Å². The fourth-order valence-corrected chi connectivity index (χ4v) is 2.99. The molecule has 116 valence electrons. The molecule has 2 rings (SSSR count). The Kier molecular flexibility index (Phi) is 5.28. The summed E-state index contributed by atoms with van der Waals surface area (Å²) in [6, 6.07) is 3.62. The Hall–Kier alpha value is -1.49. The molecule has 1 aliphatic rings. The van der Waals surface area contributed by atoms with E-state index >= 15 is 0 Å². The molecule has 1 atom stereocenters. The number of nitrogens with zero attached hydrogens (tertiary/aromatic N) is 1. The molecule has 1 fully saturated rings. The number of halogens is 2. The van der Waals surface area contributed by atoms with Gasteiger partial charge < -0.3 is 5.11 Å². The minimum Gasteiger partial charge on any atom is -0.481 e. The van der Waals surface area contributed by atoms with E-state index in [1.165, 1.54) is 12.1 Å². The summed E-state index contributed by atoms with van der Waals surface area (Å²) in [4.78, 5) is 12.8. The molecule has 1 unspecified atom stereocenters. The van der Waals surface area contributed by atoms with Crippen LogP contribution in [0.3, 0.4) is 0 Å². The molecule has 5 heteroatoms. The molecule has 1 saturated heterocycles. The summed E-state index contributed by atoms with van der Waals surface area (Å²) in [6.45, 7) is 3.57. The van der Waals surface area contributed by atoms with E-state index in [1.807, 2.05) is 6.92 Å². The van der Waals surface area contributed by atoms with Crippen LogP contribution >= 0.6 is 0 Å². The second kappa shape index (κ2) is 6.98. The van der Waals surface area contributed by atoms with Crippen molar-refractivity contribution >= 4 is 5.97 Å². The van der Waals surface area contributed by atoms with E-state index < -0.39 is 17.6 Å². The molecule has 1 aromatic rings. The SMILES string of the molecule is CC(c1ccc(F)cc1F)N1CCC(CCC(=O)O)CC1. The standard InChI is InChI=1S/C16H21F2NO2/c1-11(14-4-3-13(17)10-15(14)18)19-8-6-12(7-9-19)2-5-16(20)21/h3-4,10-12H,2,5-9H2,1H3,(H,20,21). The van der Waals surface area contributed by atoms with Gasteiger partial charge in [0.15, 0.2) is 0 Å². The van der Waals surface area contributed by atoms with Gasteiger partial charge in [0.05, 0.1) is 0 Å². The average Bonchev–Trinajstić information content (AvgIpc) is 2.45. The highest BCUT2D eigenvalue weighted by atomic mass is 19.1. The van der Waals surface area contributed by atoms with Gasteiger partial charge in [0.2, 0.25) is 0 Å². The van der Waals surface area contributed by atoms with Crippen molar-refractivity contribution in [2.45, 2.75) is 38.6 Å². The summed E-state index contributed by atoms with van der Waals surface area (Å²) in [5, 5.41) is 8.70. The molecular weight excluding hydrogens is 276 g/mol. The first-order chi connectivity index (χ1) is 9.97. The van der Waals surface area contributed by atoms with E-state index in [9.17, 15) is 13.6 Å². The zero-order chi connectivity index (χ0) is 15.4. The Morgan fingerprint density at radius 2 is 2.05 bits per heavy atom. The van der Waals surface area contributed by atoms with Crippen molar-refractivity contribution < 1.29 is 18.7 Å². The number of hydrogen-bond acceptors (Lipinski definition) is 2. The summed E-state index contributed by atoms with van der Waals surface area (Å²) in [5.74, 6) is -1.38. The van der Waals surface area contributed by atoms with Crippen LogP contribution in [0.1, 0.15) is 44.2 Å². The van der Waals surface area contributed by atoms with Gasteiger partial charge in [0.1, 0.15) is 11.6 Å².